The molecule has 0 radical (unpaired) electrons. The van der Waals surface area contributed by atoms with Gasteiger partial charge in [-0.1, -0.05) is 224 Å². The van der Waals surface area contributed by atoms with E-state index in [1.807, 2.05) is 59.9 Å². The number of thiophene rings is 1. The third-order valence-electron chi connectivity index (χ3n) is 17.1. The van der Waals surface area contributed by atoms with Crippen LogP contribution in [0, 0.1) is 0 Å². The average molecular weight is 1170 g/mol. The fourth-order valence-electron chi connectivity index (χ4n) is 12.8. The number of rotatable bonds is 9. The molecule has 15 aromatic carbocycles. The van der Waals surface area contributed by atoms with Crippen LogP contribution in [0.3, 0.4) is 0 Å². The zero-order valence-corrected chi connectivity index (χ0v) is 49.9. The molecular formula is C85H58N2O2S. The van der Waals surface area contributed by atoms with Gasteiger partial charge in [0, 0.05) is 76.6 Å². The maximum Gasteiger partial charge on any atom is 0.137 e. The maximum atomic E-state index is 6.08. The molecule has 0 spiro atoms. The molecule has 0 saturated carbocycles. The quantitative estimate of drug-likeness (QED) is 0.141. The summed E-state index contributed by atoms with van der Waals surface area (Å²) in [5, 5.41) is 22.2. The van der Waals surface area contributed by atoms with E-state index in [9.17, 15) is 0 Å². The summed E-state index contributed by atoms with van der Waals surface area (Å²) in [6.07, 6.45) is 0.979. The van der Waals surface area contributed by atoms with Gasteiger partial charge in [-0.25, -0.2) is 0 Å². The highest BCUT2D eigenvalue weighted by atomic mass is 32.1. The van der Waals surface area contributed by atoms with Crippen LogP contribution in [-0.2, 0) is 6.42 Å². The van der Waals surface area contributed by atoms with E-state index < -0.39 is 0 Å². The second kappa shape index (κ2) is 23.6. The van der Waals surface area contributed by atoms with Crippen molar-refractivity contribution in [1.29, 1.82) is 0 Å². The van der Waals surface area contributed by atoms with E-state index in [-0.39, 0.29) is 0 Å². The van der Waals surface area contributed by atoms with E-state index in [4.69, 9.17) is 8.83 Å². The molecule has 0 unspecified atom stereocenters. The molecule has 18 rings (SSSR count). The molecule has 4 nitrogen and oxygen atoms in total. The van der Waals surface area contributed by atoms with E-state index >= 15 is 0 Å². The molecule has 0 bridgehead atoms. The average Bonchev–Trinajstić information content (AvgIpc) is 2.25. The van der Waals surface area contributed by atoms with Crippen LogP contribution in [0.15, 0.2) is 336 Å². The Labute approximate surface area is 525 Å². The Morgan fingerprint density at radius 3 is 1.13 bits per heavy atom. The smallest absolute Gasteiger partial charge is 0.137 e. The van der Waals surface area contributed by atoms with E-state index in [1.54, 1.807) is 0 Å². The van der Waals surface area contributed by atoms with Crippen molar-refractivity contribution in [2.75, 3.05) is 10.6 Å². The predicted molar refractivity (Wildman–Crippen MR) is 384 cm³/mol. The van der Waals surface area contributed by atoms with Crippen molar-refractivity contribution < 1.29 is 8.83 Å². The maximum absolute atomic E-state index is 6.08. The van der Waals surface area contributed by atoms with Crippen molar-refractivity contribution in [2.24, 2.45) is 0 Å². The molecule has 2 N–H and O–H groups in total. The van der Waals surface area contributed by atoms with E-state index in [0.717, 1.165) is 73.0 Å². The monoisotopic (exact) mass is 1170 g/mol. The minimum absolute atomic E-state index is 0.888. The summed E-state index contributed by atoms with van der Waals surface area (Å²) in [4.78, 5) is 0. The lowest BCUT2D eigenvalue weighted by atomic mass is 9.94. The lowest BCUT2D eigenvalue weighted by molar-refractivity contribution is 0.668. The molecule has 0 amide bonds. The standard InChI is InChI=1S/C30H19NO.C30H21NO.C25H18S/c1-2-9-23-21(7-1)22-8-3-4-10-24(22)28-17-19(13-15-25(23)28)31-20-14-16-27-26-11-5-6-12-29(26)32-30(27)18-20;1-3-9-21(10-4-1)23-17-24(22-11-5-2-6-12-22)19-26(18-23)31-25-15-16-28-27-13-7-8-14-29(27)32-30(28)20-25;1-3-7-18(8-4-1)15-19-11-13-24-22(16-19)23-17-21(12-14-25(23)26-24)20-9-5-2-6-10-20/h1-18,31H;1-20,31H;1-14,16-17H,15H2. The fraction of sp³-hybridized carbons (Fsp3) is 0.0118. The Hall–Kier alpha value is -11.5. The van der Waals surface area contributed by atoms with Gasteiger partial charge in [0.2, 0.25) is 0 Å². The number of para-hydroxylation sites is 2. The lowest BCUT2D eigenvalue weighted by Crippen LogP contribution is -1.92. The molecule has 5 heteroatoms. The van der Waals surface area contributed by atoms with E-state index in [0.29, 0.717) is 0 Å². The summed E-state index contributed by atoms with van der Waals surface area (Å²) in [5.74, 6) is 0. The van der Waals surface area contributed by atoms with Gasteiger partial charge < -0.3 is 19.5 Å². The number of anilines is 4. The van der Waals surface area contributed by atoms with E-state index in [1.165, 1.54) is 97.0 Å². The molecule has 0 aliphatic carbocycles. The first-order valence-electron chi connectivity index (χ1n) is 30.6. The van der Waals surface area contributed by atoms with E-state index in [2.05, 4.69) is 290 Å². The van der Waals surface area contributed by atoms with Gasteiger partial charge in [-0.2, -0.15) is 0 Å². The predicted octanol–water partition coefficient (Wildman–Crippen LogP) is 24.8. The summed E-state index contributed by atoms with van der Waals surface area (Å²) in [5.41, 5.74) is 17.8. The van der Waals surface area contributed by atoms with Crippen LogP contribution in [0.1, 0.15) is 11.1 Å². The number of benzene rings is 15. The van der Waals surface area contributed by atoms with Gasteiger partial charge in [0.15, 0.2) is 0 Å². The molecular weight excluding hydrogens is 1110 g/mol. The Morgan fingerprint density at radius 2 is 0.600 bits per heavy atom. The molecule has 0 aliphatic rings. The lowest BCUT2D eigenvalue weighted by Gasteiger charge is -2.13. The van der Waals surface area contributed by atoms with Gasteiger partial charge in [-0.15, -0.1) is 11.3 Å². The Morgan fingerprint density at radius 1 is 0.211 bits per heavy atom. The molecule has 3 heterocycles. The Balaban J connectivity index is 0.000000109. The van der Waals surface area contributed by atoms with Crippen LogP contribution in [0.5, 0.6) is 0 Å². The minimum Gasteiger partial charge on any atom is -0.456 e. The third kappa shape index (κ3) is 10.7. The largest absolute Gasteiger partial charge is 0.456 e. The number of hydrogen-bond donors (Lipinski definition) is 2. The Bertz CT molecular complexity index is 5540. The number of nitrogens with one attached hydrogen (secondary N) is 2. The van der Waals surface area contributed by atoms with Crippen LogP contribution in [0.25, 0.3) is 130 Å². The SMILES string of the molecule is c1ccc(-c2cc(Nc3ccc4c(c3)oc3ccccc34)cc(-c3ccccc3)c2)cc1.c1ccc(Cc2ccc3sc4ccc(-c5ccccc5)cc4c3c2)cc1.c1ccc2c(c1)oc1cc(Nc3ccc4c5ccccc5c5ccccc5c4c3)ccc12. The van der Waals surface area contributed by atoms with Gasteiger partial charge in [0.25, 0.3) is 0 Å². The van der Waals surface area contributed by atoms with Crippen LogP contribution in [-0.4, -0.2) is 0 Å². The zero-order chi connectivity index (χ0) is 59.7. The highest BCUT2D eigenvalue weighted by Gasteiger charge is 2.14. The highest BCUT2D eigenvalue weighted by molar-refractivity contribution is 7.25. The van der Waals surface area contributed by atoms with Crippen LogP contribution < -0.4 is 10.6 Å². The van der Waals surface area contributed by atoms with Crippen molar-refractivity contribution in [3.63, 3.8) is 0 Å². The molecule has 18 aromatic rings. The number of fused-ring (bicyclic) bond motifs is 15. The van der Waals surface area contributed by atoms with Gasteiger partial charge >= 0.3 is 0 Å². The number of furan rings is 2. The zero-order valence-electron chi connectivity index (χ0n) is 49.1. The molecule has 3 aromatic heterocycles. The first-order chi connectivity index (χ1) is 44.5. The second-order valence-corrected chi connectivity index (χ2v) is 24.0. The third-order valence-corrected chi connectivity index (χ3v) is 18.3. The highest BCUT2D eigenvalue weighted by Crippen LogP contribution is 2.41. The van der Waals surface area contributed by atoms with Crippen molar-refractivity contribution in [3.05, 3.63) is 339 Å². The molecule has 0 aliphatic heterocycles. The van der Waals surface area contributed by atoms with Gasteiger partial charge in [-0.3, -0.25) is 0 Å². The summed E-state index contributed by atoms with van der Waals surface area (Å²) in [7, 11) is 0. The first kappa shape index (κ1) is 53.9. The summed E-state index contributed by atoms with van der Waals surface area (Å²) >= 11 is 1.88. The molecule has 426 valence electrons. The topological polar surface area (TPSA) is 50.3 Å². The van der Waals surface area contributed by atoms with Crippen molar-refractivity contribution >= 4 is 130 Å². The van der Waals surface area contributed by atoms with Gasteiger partial charge in [0.1, 0.15) is 22.3 Å². The summed E-state index contributed by atoms with van der Waals surface area (Å²) in [6, 6.07) is 116. The van der Waals surface area contributed by atoms with Crippen molar-refractivity contribution in [1.82, 2.24) is 0 Å². The van der Waals surface area contributed by atoms with Crippen LogP contribution in [0.4, 0.5) is 22.7 Å². The molecule has 0 fully saturated rings. The van der Waals surface area contributed by atoms with Gasteiger partial charge in [-0.05, 0) is 174 Å². The van der Waals surface area contributed by atoms with Gasteiger partial charge in [0.05, 0.1) is 0 Å². The summed E-state index contributed by atoms with van der Waals surface area (Å²) < 4.78 is 14.9. The molecule has 90 heavy (non-hydrogen) atoms. The molecule has 0 atom stereocenters. The van der Waals surface area contributed by atoms with Crippen molar-refractivity contribution in [2.45, 2.75) is 6.42 Å². The Kier molecular flexibility index (Phi) is 14.2. The second-order valence-electron chi connectivity index (χ2n) is 22.9. The summed E-state index contributed by atoms with van der Waals surface area (Å²) in [6.45, 7) is 0. The van der Waals surface area contributed by atoms with Crippen molar-refractivity contribution in [3.8, 4) is 33.4 Å². The normalized spacial score (nSPS) is 11.4. The number of hydrogen-bond acceptors (Lipinski definition) is 5. The first-order valence-corrected chi connectivity index (χ1v) is 31.4. The van der Waals surface area contributed by atoms with Crippen LogP contribution in [0.2, 0.25) is 0 Å². The van der Waals surface area contributed by atoms with Crippen LogP contribution >= 0.6 is 11.3 Å². The minimum atomic E-state index is 0.888. The fourth-order valence-corrected chi connectivity index (χ4v) is 13.9. The molecule has 0 saturated heterocycles.